The van der Waals surface area contributed by atoms with Gasteiger partial charge >= 0.3 is 12.3 Å². The average molecular weight is 424 g/mol. The van der Waals surface area contributed by atoms with Crippen LogP contribution in [0.5, 0.6) is 11.5 Å². The Bertz CT molecular complexity index is 1070. The van der Waals surface area contributed by atoms with Crippen LogP contribution in [-0.2, 0) is 9.47 Å². The number of unbranched alkanes of at least 4 members (excludes halogenated alkanes) is 2. The van der Waals surface area contributed by atoms with Gasteiger partial charge in [-0.25, -0.2) is 9.59 Å². The molecule has 0 saturated carbocycles. The van der Waals surface area contributed by atoms with Gasteiger partial charge in [0, 0.05) is 10.9 Å². The molecule has 0 saturated heterocycles. The van der Waals surface area contributed by atoms with Gasteiger partial charge in [-0.3, -0.25) is 0 Å². The summed E-state index contributed by atoms with van der Waals surface area (Å²) < 4.78 is 21.3. The molecule has 0 bridgehead atoms. The van der Waals surface area contributed by atoms with Crippen molar-refractivity contribution in [3.05, 3.63) is 48.0 Å². The van der Waals surface area contributed by atoms with Gasteiger partial charge < -0.3 is 18.9 Å². The summed E-state index contributed by atoms with van der Waals surface area (Å²) in [5.41, 5.74) is 0.516. The number of rotatable bonds is 8. The number of hydrogen-bond acceptors (Lipinski definition) is 6. The minimum atomic E-state index is -0.784. The van der Waals surface area contributed by atoms with Crippen LogP contribution in [0.25, 0.3) is 21.5 Å². The van der Waals surface area contributed by atoms with Crippen LogP contribution in [-0.4, -0.2) is 25.5 Å². The normalized spacial score (nSPS) is 10.8. The third-order valence-corrected chi connectivity index (χ3v) is 4.97. The van der Waals surface area contributed by atoms with Crippen LogP contribution >= 0.6 is 0 Å². The van der Waals surface area contributed by atoms with Gasteiger partial charge in [0.25, 0.3) is 0 Å². The minimum absolute atomic E-state index is 0.278. The van der Waals surface area contributed by atoms with Crippen LogP contribution in [0.4, 0.5) is 9.59 Å². The minimum Gasteiger partial charge on any atom is -0.434 e. The Balaban J connectivity index is 1.99. The van der Waals surface area contributed by atoms with Crippen LogP contribution in [0.15, 0.2) is 42.5 Å². The molecule has 0 aromatic heterocycles. The average Bonchev–Trinajstić information content (AvgIpc) is 2.76. The lowest BCUT2D eigenvalue weighted by atomic mass is 10.00. The van der Waals surface area contributed by atoms with Crippen molar-refractivity contribution < 1.29 is 28.5 Å². The molecule has 3 aromatic rings. The maximum atomic E-state index is 12.3. The van der Waals surface area contributed by atoms with Gasteiger partial charge in [0.1, 0.15) is 11.5 Å². The van der Waals surface area contributed by atoms with E-state index in [1.807, 2.05) is 50.2 Å². The number of carbonyl (C=O) groups excluding carboxylic acids is 2. The fourth-order valence-corrected chi connectivity index (χ4v) is 3.21. The monoisotopic (exact) mass is 424 g/mol. The maximum Gasteiger partial charge on any atom is 0.513 e. The summed E-state index contributed by atoms with van der Waals surface area (Å²) in [6.07, 6.45) is 1.77. The quantitative estimate of drug-likeness (QED) is 0.169. The SMILES string of the molecule is CCCCOC(=O)Oc1cc2cc3ccccc3cc2c(OC(=O)OCCCC)c1C. The number of benzene rings is 3. The maximum absolute atomic E-state index is 12.3. The Labute approximate surface area is 182 Å². The topological polar surface area (TPSA) is 71.1 Å². The Kier molecular flexibility index (Phi) is 7.70. The van der Waals surface area contributed by atoms with E-state index in [2.05, 4.69) is 0 Å². The molecule has 0 aliphatic carbocycles. The third-order valence-electron chi connectivity index (χ3n) is 4.97. The van der Waals surface area contributed by atoms with E-state index in [-0.39, 0.29) is 12.4 Å². The molecule has 3 aromatic carbocycles. The number of carbonyl (C=O) groups is 2. The van der Waals surface area contributed by atoms with Crippen molar-refractivity contribution >= 4 is 33.9 Å². The van der Waals surface area contributed by atoms with Crippen LogP contribution < -0.4 is 9.47 Å². The van der Waals surface area contributed by atoms with Gasteiger partial charge in [-0.2, -0.15) is 0 Å². The highest BCUT2D eigenvalue weighted by atomic mass is 16.7. The van der Waals surface area contributed by atoms with Crippen molar-refractivity contribution in [3.63, 3.8) is 0 Å². The molecule has 3 rings (SSSR count). The van der Waals surface area contributed by atoms with Crippen LogP contribution in [0.2, 0.25) is 0 Å². The summed E-state index contributed by atoms with van der Waals surface area (Å²) in [7, 11) is 0. The highest BCUT2D eigenvalue weighted by Crippen LogP contribution is 2.39. The smallest absolute Gasteiger partial charge is 0.434 e. The Hall–Kier alpha value is -3.28. The summed E-state index contributed by atoms with van der Waals surface area (Å²) in [5.74, 6) is 0.585. The van der Waals surface area contributed by atoms with Gasteiger partial charge in [-0.1, -0.05) is 51.0 Å². The highest BCUT2D eigenvalue weighted by Gasteiger charge is 2.19. The largest absolute Gasteiger partial charge is 0.513 e. The zero-order valence-corrected chi connectivity index (χ0v) is 18.2. The molecular weight excluding hydrogens is 396 g/mol. The second-order valence-corrected chi connectivity index (χ2v) is 7.36. The van der Waals surface area contributed by atoms with Gasteiger partial charge in [-0.15, -0.1) is 0 Å². The van der Waals surface area contributed by atoms with Gasteiger partial charge in [0.05, 0.1) is 13.2 Å². The summed E-state index contributed by atoms with van der Waals surface area (Å²) in [5, 5.41) is 3.53. The first-order valence-corrected chi connectivity index (χ1v) is 10.7. The lowest BCUT2D eigenvalue weighted by Gasteiger charge is -2.16. The molecule has 0 amide bonds. The Morgan fingerprint density at radius 3 is 1.97 bits per heavy atom. The Morgan fingerprint density at radius 2 is 1.35 bits per heavy atom. The zero-order valence-electron chi connectivity index (χ0n) is 18.2. The van der Waals surface area contributed by atoms with Crippen LogP contribution in [0.1, 0.15) is 45.1 Å². The first-order chi connectivity index (χ1) is 15.0. The molecular formula is C25H28O6. The molecule has 0 atom stereocenters. The molecule has 0 radical (unpaired) electrons. The fraction of sp³-hybridized carbons (Fsp3) is 0.360. The summed E-state index contributed by atoms with van der Waals surface area (Å²) in [6.45, 7) is 6.33. The van der Waals surface area contributed by atoms with Gasteiger partial charge in [0.15, 0.2) is 0 Å². The lowest BCUT2D eigenvalue weighted by molar-refractivity contribution is 0.0964. The van der Waals surface area contributed by atoms with E-state index in [1.165, 1.54) is 0 Å². The van der Waals surface area contributed by atoms with Crippen molar-refractivity contribution in [3.8, 4) is 11.5 Å². The number of hydrogen-bond donors (Lipinski definition) is 0. The Morgan fingerprint density at radius 1 is 0.774 bits per heavy atom. The van der Waals surface area contributed by atoms with E-state index >= 15 is 0 Å². The van der Waals surface area contributed by atoms with Crippen LogP contribution in [0.3, 0.4) is 0 Å². The van der Waals surface area contributed by atoms with E-state index in [0.717, 1.165) is 47.2 Å². The molecule has 6 heteroatoms. The number of fused-ring (bicyclic) bond motifs is 2. The molecule has 0 aliphatic heterocycles. The lowest BCUT2D eigenvalue weighted by Crippen LogP contribution is -2.14. The first kappa shape index (κ1) is 22.4. The zero-order chi connectivity index (χ0) is 22.2. The molecule has 0 unspecified atom stereocenters. The van der Waals surface area contributed by atoms with Crippen LogP contribution in [0, 0.1) is 6.92 Å². The molecule has 31 heavy (non-hydrogen) atoms. The van der Waals surface area contributed by atoms with E-state index in [0.29, 0.717) is 17.9 Å². The molecule has 0 spiro atoms. The summed E-state index contributed by atoms with van der Waals surface area (Å²) in [6, 6.07) is 13.6. The van der Waals surface area contributed by atoms with Gasteiger partial charge in [0.2, 0.25) is 0 Å². The van der Waals surface area contributed by atoms with Crippen molar-refractivity contribution in [1.82, 2.24) is 0 Å². The predicted octanol–water partition coefficient (Wildman–Crippen LogP) is 6.93. The highest BCUT2D eigenvalue weighted by molar-refractivity contribution is 6.03. The first-order valence-electron chi connectivity index (χ1n) is 10.7. The predicted molar refractivity (Wildman–Crippen MR) is 120 cm³/mol. The second kappa shape index (κ2) is 10.7. The van der Waals surface area contributed by atoms with E-state index in [4.69, 9.17) is 18.9 Å². The summed E-state index contributed by atoms with van der Waals surface area (Å²) >= 11 is 0. The van der Waals surface area contributed by atoms with Crippen molar-refractivity contribution in [1.29, 1.82) is 0 Å². The molecule has 6 nitrogen and oxygen atoms in total. The molecule has 0 fully saturated rings. The third kappa shape index (κ3) is 5.66. The molecule has 0 aliphatic rings. The van der Waals surface area contributed by atoms with Crippen molar-refractivity contribution in [2.24, 2.45) is 0 Å². The van der Waals surface area contributed by atoms with E-state index in [1.54, 1.807) is 13.0 Å². The second-order valence-electron chi connectivity index (χ2n) is 7.36. The van der Waals surface area contributed by atoms with Crippen molar-refractivity contribution in [2.45, 2.75) is 46.5 Å². The molecule has 0 N–H and O–H groups in total. The van der Waals surface area contributed by atoms with E-state index < -0.39 is 12.3 Å². The number of ether oxygens (including phenoxy) is 4. The van der Waals surface area contributed by atoms with E-state index in [9.17, 15) is 9.59 Å². The summed E-state index contributed by atoms with van der Waals surface area (Å²) in [4.78, 5) is 24.4. The molecule has 0 heterocycles. The standard InChI is InChI=1S/C25H28O6/c1-4-6-12-28-24(26)30-22-16-20-14-18-10-8-9-11-19(18)15-21(20)23(17(22)3)31-25(27)29-13-7-5-2/h8-11,14-16H,4-7,12-13H2,1-3H3. The fourth-order valence-electron chi connectivity index (χ4n) is 3.21. The molecule has 164 valence electrons. The van der Waals surface area contributed by atoms with Gasteiger partial charge in [-0.05, 0) is 54.1 Å². The van der Waals surface area contributed by atoms with Crippen molar-refractivity contribution in [2.75, 3.05) is 13.2 Å².